The Hall–Kier alpha value is -1.76. The van der Waals surface area contributed by atoms with Crippen LogP contribution in [0.5, 0.6) is 0 Å². The van der Waals surface area contributed by atoms with Gasteiger partial charge in [0, 0.05) is 18.7 Å². The zero-order chi connectivity index (χ0) is 14.9. The third kappa shape index (κ3) is 2.54. The molecule has 0 spiro atoms. The molecule has 0 bridgehead atoms. The number of aromatic amines is 1. The number of hydrogen-bond acceptors (Lipinski definition) is 4. The van der Waals surface area contributed by atoms with Gasteiger partial charge in [0.2, 0.25) is 0 Å². The minimum absolute atomic E-state index is 0.00315. The smallest absolute Gasteiger partial charge is 0.170 e. The zero-order valence-electron chi connectivity index (χ0n) is 12.2. The van der Waals surface area contributed by atoms with Crippen LogP contribution in [-0.4, -0.2) is 47.5 Å². The first-order valence-corrected chi connectivity index (χ1v) is 7.56. The summed E-state index contributed by atoms with van der Waals surface area (Å²) >= 11 is 0. The Balaban J connectivity index is 1.66. The number of rotatable bonds is 3. The number of aromatic nitrogens is 2. The van der Waals surface area contributed by atoms with E-state index in [1.54, 1.807) is 6.33 Å². The molecular weight excluding hydrogens is 285 g/mol. The maximum absolute atomic E-state index is 13.2. The first kappa shape index (κ1) is 13.9. The molecule has 1 saturated heterocycles. The number of hydrogen-bond donors (Lipinski definition) is 1. The van der Waals surface area contributed by atoms with Gasteiger partial charge < -0.3 is 14.5 Å². The molecule has 0 saturated carbocycles. The predicted octanol–water partition coefficient (Wildman–Crippen LogP) is 1.87. The number of imidazole rings is 1. The van der Waals surface area contributed by atoms with Crippen molar-refractivity contribution in [1.29, 1.82) is 0 Å². The zero-order valence-corrected chi connectivity index (χ0v) is 12.2. The van der Waals surface area contributed by atoms with E-state index >= 15 is 0 Å². The second kappa shape index (κ2) is 5.79. The molecule has 1 aromatic heterocycles. The van der Waals surface area contributed by atoms with Crippen molar-refractivity contribution in [3.05, 3.63) is 53.4 Å². The molecule has 2 aliphatic heterocycles. The summed E-state index contributed by atoms with van der Waals surface area (Å²) in [5.41, 5.74) is 3.20. The molecular formula is C16H18FN3O2. The molecule has 0 aliphatic carbocycles. The van der Waals surface area contributed by atoms with Crippen molar-refractivity contribution in [2.75, 3.05) is 26.3 Å². The molecule has 1 atom stereocenters. The number of H-pyrrole nitrogens is 1. The van der Waals surface area contributed by atoms with E-state index in [0.717, 1.165) is 29.9 Å². The van der Waals surface area contributed by atoms with E-state index < -0.39 is 0 Å². The normalized spacial score (nSPS) is 22.9. The topological polar surface area (TPSA) is 50.4 Å². The van der Waals surface area contributed by atoms with E-state index in [9.17, 15) is 4.39 Å². The van der Waals surface area contributed by atoms with E-state index in [1.807, 2.05) is 12.1 Å². The Morgan fingerprint density at radius 2 is 2.00 bits per heavy atom. The third-order valence-corrected chi connectivity index (χ3v) is 4.28. The second-order valence-electron chi connectivity index (χ2n) is 5.64. The number of fused-ring (bicyclic) bond motifs is 1. The van der Waals surface area contributed by atoms with E-state index in [0.29, 0.717) is 19.8 Å². The first-order valence-electron chi connectivity index (χ1n) is 7.56. The number of nitrogens with zero attached hydrogens (tertiary/aromatic N) is 2. The lowest BCUT2D eigenvalue weighted by Crippen LogP contribution is -2.41. The molecule has 1 aromatic carbocycles. The van der Waals surface area contributed by atoms with Crippen LogP contribution in [0, 0.1) is 5.82 Å². The standard InChI is InChI=1S/C16H18FN3O2/c17-12-3-1-11(2-4-12)16-15-13(18-10-19-15)5-6-20(16)9-14-21-7-8-22-14/h1-4,10,14,16H,5-9H2,(H,18,19)/t16-/m1/s1. The van der Waals surface area contributed by atoms with Crippen LogP contribution in [0.2, 0.25) is 0 Å². The largest absolute Gasteiger partial charge is 0.349 e. The third-order valence-electron chi connectivity index (χ3n) is 4.28. The van der Waals surface area contributed by atoms with Gasteiger partial charge in [0.1, 0.15) is 5.82 Å². The lowest BCUT2D eigenvalue weighted by Gasteiger charge is -2.36. The van der Waals surface area contributed by atoms with Crippen molar-refractivity contribution >= 4 is 0 Å². The highest BCUT2D eigenvalue weighted by Gasteiger charge is 2.33. The van der Waals surface area contributed by atoms with Crippen LogP contribution in [0.15, 0.2) is 30.6 Å². The van der Waals surface area contributed by atoms with Gasteiger partial charge in [-0.1, -0.05) is 12.1 Å². The number of benzene rings is 1. The maximum Gasteiger partial charge on any atom is 0.170 e. The van der Waals surface area contributed by atoms with Gasteiger partial charge in [0.25, 0.3) is 0 Å². The van der Waals surface area contributed by atoms with Gasteiger partial charge in [-0.3, -0.25) is 4.90 Å². The van der Waals surface area contributed by atoms with Crippen molar-refractivity contribution in [3.8, 4) is 0 Å². The van der Waals surface area contributed by atoms with E-state index in [-0.39, 0.29) is 18.1 Å². The van der Waals surface area contributed by atoms with Crippen molar-refractivity contribution in [2.24, 2.45) is 0 Å². The van der Waals surface area contributed by atoms with Gasteiger partial charge in [-0.25, -0.2) is 9.37 Å². The van der Waals surface area contributed by atoms with Gasteiger partial charge in [0.15, 0.2) is 6.29 Å². The second-order valence-corrected chi connectivity index (χ2v) is 5.64. The summed E-state index contributed by atoms with van der Waals surface area (Å²) in [4.78, 5) is 10.00. The van der Waals surface area contributed by atoms with E-state index in [1.165, 1.54) is 12.1 Å². The molecule has 5 nitrogen and oxygen atoms in total. The minimum Gasteiger partial charge on any atom is -0.349 e. The molecule has 0 radical (unpaired) electrons. The average molecular weight is 303 g/mol. The Morgan fingerprint density at radius 3 is 2.77 bits per heavy atom. The molecule has 1 fully saturated rings. The van der Waals surface area contributed by atoms with Gasteiger partial charge >= 0.3 is 0 Å². The molecule has 2 aliphatic rings. The molecule has 116 valence electrons. The van der Waals surface area contributed by atoms with Crippen molar-refractivity contribution in [2.45, 2.75) is 18.8 Å². The van der Waals surface area contributed by atoms with Crippen LogP contribution in [0.25, 0.3) is 0 Å². The molecule has 0 amide bonds. The summed E-state index contributed by atoms with van der Waals surface area (Å²) < 4.78 is 24.4. The van der Waals surface area contributed by atoms with Crippen molar-refractivity contribution in [3.63, 3.8) is 0 Å². The maximum atomic E-state index is 13.2. The van der Waals surface area contributed by atoms with Gasteiger partial charge in [-0.15, -0.1) is 0 Å². The predicted molar refractivity (Wildman–Crippen MR) is 77.8 cm³/mol. The van der Waals surface area contributed by atoms with Crippen LogP contribution in [0.3, 0.4) is 0 Å². The molecule has 3 heterocycles. The highest BCUT2D eigenvalue weighted by atomic mass is 19.1. The first-order chi connectivity index (χ1) is 10.8. The summed E-state index contributed by atoms with van der Waals surface area (Å²) in [6, 6.07) is 6.65. The van der Waals surface area contributed by atoms with Crippen molar-refractivity contribution in [1.82, 2.24) is 14.9 Å². The van der Waals surface area contributed by atoms with E-state index in [2.05, 4.69) is 14.9 Å². The fourth-order valence-electron chi connectivity index (χ4n) is 3.24. The van der Waals surface area contributed by atoms with Crippen LogP contribution in [0.4, 0.5) is 4.39 Å². The monoisotopic (exact) mass is 303 g/mol. The fraction of sp³-hybridized carbons (Fsp3) is 0.438. The highest BCUT2D eigenvalue weighted by Crippen LogP contribution is 2.33. The van der Waals surface area contributed by atoms with Crippen LogP contribution >= 0.6 is 0 Å². The summed E-state index contributed by atoms with van der Waals surface area (Å²) in [5.74, 6) is -0.226. The summed E-state index contributed by atoms with van der Waals surface area (Å²) in [6.45, 7) is 2.87. The summed E-state index contributed by atoms with van der Waals surface area (Å²) in [6.07, 6.45) is 2.45. The highest BCUT2D eigenvalue weighted by molar-refractivity contribution is 5.32. The van der Waals surface area contributed by atoms with Crippen molar-refractivity contribution < 1.29 is 13.9 Å². The Morgan fingerprint density at radius 1 is 1.23 bits per heavy atom. The molecule has 4 rings (SSSR count). The quantitative estimate of drug-likeness (QED) is 0.940. The Bertz CT molecular complexity index is 637. The lowest BCUT2D eigenvalue weighted by atomic mass is 9.95. The summed E-state index contributed by atoms with van der Waals surface area (Å²) in [5, 5.41) is 0. The van der Waals surface area contributed by atoms with Gasteiger partial charge in [0.05, 0.1) is 37.8 Å². The van der Waals surface area contributed by atoms with Gasteiger partial charge in [-0.05, 0) is 17.7 Å². The fourth-order valence-corrected chi connectivity index (χ4v) is 3.24. The Labute approximate surface area is 128 Å². The summed E-state index contributed by atoms with van der Waals surface area (Å²) in [7, 11) is 0. The number of nitrogens with one attached hydrogen (secondary N) is 1. The van der Waals surface area contributed by atoms with Crippen LogP contribution < -0.4 is 0 Å². The Kier molecular flexibility index (Phi) is 3.65. The van der Waals surface area contributed by atoms with Crippen LogP contribution in [0.1, 0.15) is 23.0 Å². The number of ether oxygens (including phenoxy) is 2. The molecule has 6 heteroatoms. The SMILES string of the molecule is Fc1ccc([C@@H]2c3nc[nH]c3CCN2CC2OCCO2)cc1. The van der Waals surface area contributed by atoms with Crippen LogP contribution in [-0.2, 0) is 15.9 Å². The molecule has 22 heavy (non-hydrogen) atoms. The molecule has 0 unspecified atom stereocenters. The van der Waals surface area contributed by atoms with Gasteiger partial charge in [-0.2, -0.15) is 0 Å². The molecule has 2 aromatic rings. The minimum atomic E-state index is -0.226. The lowest BCUT2D eigenvalue weighted by molar-refractivity contribution is -0.0677. The number of halogens is 1. The molecule has 1 N–H and O–H groups in total. The van der Waals surface area contributed by atoms with E-state index in [4.69, 9.17) is 9.47 Å². The average Bonchev–Trinajstić information content (AvgIpc) is 3.19.